The Morgan fingerprint density at radius 1 is 1.38 bits per heavy atom. The minimum Gasteiger partial charge on any atom is -0.369 e. The molecule has 2 rings (SSSR count). The van der Waals surface area contributed by atoms with Crippen molar-refractivity contribution in [2.45, 2.75) is 13.3 Å². The summed E-state index contributed by atoms with van der Waals surface area (Å²) in [6.45, 7) is 2.85. The number of fused-ring (bicyclic) bond motifs is 1. The number of hydrogen-bond acceptors (Lipinski definition) is 2. The Balaban J connectivity index is 2.61. The highest BCUT2D eigenvalue weighted by atomic mass is 79.9. The second-order valence-electron chi connectivity index (χ2n) is 3.54. The maximum atomic E-state index is 13.8. The van der Waals surface area contributed by atoms with Gasteiger partial charge in [-0.2, -0.15) is 0 Å². The van der Waals surface area contributed by atoms with E-state index in [1.54, 1.807) is 18.3 Å². The lowest BCUT2D eigenvalue weighted by atomic mass is 10.1. The average molecular weight is 283 g/mol. The molecule has 0 spiro atoms. The van der Waals surface area contributed by atoms with E-state index < -0.39 is 0 Å². The summed E-state index contributed by atoms with van der Waals surface area (Å²) in [4.78, 5) is 4.17. The van der Waals surface area contributed by atoms with Crippen molar-refractivity contribution in [1.82, 2.24) is 4.98 Å². The van der Waals surface area contributed by atoms with Crippen LogP contribution in [0.5, 0.6) is 0 Å². The Bertz CT molecular complexity index is 514. The lowest BCUT2D eigenvalue weighted by Crippen LogP contribution is -2.03. The van der Waals surface area contributed by atoms with Crippen LogP contribution in [0.4, 0.5) is 10.2 Å². The Morgan fingerprint density at radius 2 is 2.19 bits per heavy atom. The number of benzene rings is 1. The number of pyridine rings is 1. The highest BCUT2D eigenvalue weighted by molar-refractivity contribution is 9.10. The third-order valence-corrected chi connectivity index (χ3v) is 3.06. The smallest absolute Gasteiger partial charge is 0.136 e. The highest BCUT2D eigenvalue weighted by Gasteiger charge is 2.09. The van der Waals surface area contributed by atoms with Gasteiger partial charge in [0.05, 0.1) is 5.39 Å². The zero-order valence-corrected chi connectivity index (χ0v) is 10.5. The number of nitrogens with zero attached hydrogens (tertiary/aromatic N) is 1. The molecule has 0 aliphatic rings. The fourth-order valence-corrected chi connectivity index (χ4v) is 2.06. The van der Waals surface area contributed by atoms with E-state index in [1.165, 1.54) is 6.07 Å². The molecule has 4 heteroatoms. The summed E-state index contributed by atoms with van der Waals surface area (Å²) in [5.74, 6) is 0.364. The number of anilines is 1. The largest absolute Gasteiger partial charge is 0.369 e. The summed E-state index contributed by atoms with van der Waals surface area (Å²) >= 11 is 3.41. The summed E-state index contributed by atoms with van der Waals surface area (Å²) in [6, 6.07) is 4.96. The molecule has 0 radical (unpaired) electrons. The summed E-state index contributed by atoms with van der Waals surface area (Å²) in [5, 5.41) is 4.52. The van der Waals surface area contributed by atoms with Crippen LogP contribution in [0.1, 0.15) is 13.3 Å². The first-order valence-electron chi connectivity index (χ1n) is 5.20. The predicted octanol–water partition coefficient (Wildman–Crippen LogP) is 3.96. The van der Waals surface area contributed by atoms with Crippen LogP contribution in [0.2, 0.25) is 0 Å². The van der Waals surface area contributed by atoms with Crippen molar-refractivity contribution in [2.24, 2.45) is 0 Å². The predicted molar refractivity (Wildman–Crippen MR) is 68.2 cm³/mol. The van der Waals surface area contributed by atoms with E-state index in [-0.39, 0.29) is 5.82 Å². The van der Waals surface area contributed by atoms with E-state index >= 15 is 0 Å². The van der Waals surface area contributed by atoms with E-state index in [9.17, 15) is 4.39 Å². The normalized spacial score (nSPS) is 10.7. The van der Waals surface area contributed by atoms with Crippen LogP contribution in [0, 0.1) is 5.82 Å². The summed E-state index contributed by atoms with van der Waals surface area (Å²) in [7, 11) is 0. The molecule has 16 heavy (non-hydrogen) atoms. The van der Waals surface area contributed by atoms with Crippen LogP contribution in [0.25, 0.3) is 10.8 Å². The third-order valence-electron chi connectivity index (χ3n) is 2.37. The van der Waals surface area contributed by atoms with E-state index in [2.05, 4.69) is 33.2 Å². The number of hydrogen-bond donors (Lipinski definition) is 1. The fourth-order valence-electron chi connectivity index (χ4n) is 1.60. The van der Waals surface area contributed by atoms with Gasteiger partial charge < -0.3 is 5.32 Å². The quantitative estimate of drug-likeness (QED) is 0.922. The topological polar surface area (TPSA) is 24.9 Å². The zero-order chi connectivity index (χ0) is 11.5. The average Bonchev–Trinajstić information content (AvgIpc) is 2.31. The molecule has 0 atom stereocenters. The summed E-state index contributed by atoms with van der Waals surface area (Å²) < 4.78 is 14.6. The molecule has 2 nitrogen and oxygen atoms in total. The Labute approximate surface area is 102 Å². The number of halogens is 2. The van der Waals surface area contributed by atoms with Gasteiger partial charge >= 0.3 is 0 Å². The van der Waals surface area contributed by atoms with Gasteiger partial charge in [0.15, 0.2) is 0 Å². The van der Waals surface area contributed by atoms with Crippen LogP contribution < -0.4 is 5.32 Å². The van der Waals surface area contributed by atoms with Crippen molar-refractivity contribution in [3.63, 3.8) is 0 Å². The first-order valence-corrected chi connectivity index (χ1v) is 6.00. The molecular weight excluding hydrogens is 271 g/mol. The summed E-state index contributed by atoms with van der Waals surface area (Å²) in [5.41, 5.74) is 0. The molecule has 0 fully saturated rings. The monoisotopic (exact) mass is 282 g/mol. The molecule has 84 valence electrons. The zero-order valence-electron chi connectivity index (χ0n) is 8.93. The summed E-state index contributed by atoms with van der Waals surface area (Å²) in [6.07, 6.45) is 2.66. The van der Waals surface area contributed by atoms with Gasteiger partial charge in [-0.1, -0.05) is 22.9 Å². The third kappa shape index (κ3) is 2.02. The van der Waals surface area contributed by atoms with Gasteiger partial charge in [0.1, 0.15) is 11.6 Å². The standard InChI is InChI=1S/C12H12BrFN2/c1-2-6-15-12-11-8(5-7-16-12)9(13)3-4-10(11)14/h3-5,7H,2,6H2,1H3,(H,15,16). The molecular formula is C12H12BrFN2. The first-order chi connectivity index (χ1) is 7.74. The minimum absolute atomic E-state index is 0.245. The van der Waals surface area contributed by atoms with Crippen LogP contribution in [-0.2, 0) is 0 Å². The van der Waals surface area contributed by atoms with Gasteiger partial charge in [-0.25, -0.2) is 9.37 Å². The molecule has 0 aliphatic heterocycles. The molecule has 1 aromatic carbocycles. The van der Waals surface area contributed by atoms with Gasteiger partial charge in [0.25, 0.3) is 0 Å². The second-order valence-corrected chi connectivity index (χ2v) is 4.39. The molecule has 0 aliphatic carbocycles. The highest BCUT2D eigenvalue weighted by Crippen LogP contribution is 2.30. The molecule has 1 heterocycles. The van der Waals surface area contributed by atoms with Crippen molar-refractivity contribution in [3.8, 4) is 0 Å². The number of aromatic nitrogens is 1. The van der Waals surface area contributed by atoms with E-state index in [0.717, 1.165) is 22.8 Å². The first kappa shape index (κ1) is 11.3. The molecule has 1 aromatic heterocycles. The maximum Gasteiger partial charge on any atom is 0.136 e. The Kier molecular flexibility index (Phi) is 3.39. The van der Waals surface area contributed by atoms with Gasteiger partial charge in [0, 0.05) is 22.6 Å². The Morgan fingerprint density at radius 3 is 2.94 bits per heavy atom. The molecule has 2 aromatic rings. The second kappa shape index (κ2) is 4.78. The van der Waals surface area contributed by atoms with Crippen LogP contribution in [0.15, 0.2) is 28.9 Å². The van der Waals surface area contributed by atoms with Crippen LogP contribution in [-0.4, -0.2) is 11.5 Å². The van der Waals surface area contributed by atoms with Crippen LogP contribution >= 0.6 is 15.9 Å². The molecule has 0 saturated carbocycles. The lowest BCUT2D eigenvalue weighted by molar-refractivity contribution is 0.639. The Hall–Kier alpha value is -1.16. The van der Waals surface area contributed by atoms with Crippen molar-refractivity contribution in [2.75, 3.05) is 11.9 Å². The maximum absolute atomic E-state index is 13.8. The molecule has 0 unspecified atom stereocenters. The number of rotatable bonds is 3. The van der Waals surface area contributed by atoms with Crippen molar-refractivity contribution < 1.29 is 4.39 Å². The number of nitrogens with one attached hydrogen (secondary N) is 1. The molecule has 0 bridgehead atoms. The van der Waals surface area contributed by atoms with Gasteiger partial charge in [-0.05, 0) is 24.6 Å². The van der Waals surface area contributed by atoms with Crippen LogP contribution in [0.3, 0.4) is 0 Å². The van der Waals surface area contributed by atoms with Gasteiger partial charge in [-0.15, -0.1) is 0 Å². The molecule has 1 N–H and O–H groups in total. The molecule has 0 amide bonds. The van der Waals surface area contributed by atoms with Crippen molar-refractivity contribution in [1.29, 1.82) is 0 Å². The van der Waals surface area contributed by atoms with Gasteiger partial charge in [-0.3, -0.25) is 0 Å². The lowest BCUT2D eigenvalue weighted by Gasteiger charge is -2.09. The fraction of sp³-hybridized carbons (Fsp3) is 0.250. The minimum atomic E-state index is -0.245. The van der Waals surface area contributed by atoms with E-state index in [4.69, 9.17) is 0 Å². The van der Waals surface area contributed by atoms with Crippen molar-refractivity contribution in [3.05, 3.63) is 34.7 Å². The SMILES string of the molecule is CCCNc1nccc2c(Br)ccc(F)c12. The van der Waals surface area contributed by atoms with E-state index in [1.807, 2.05) is 0 Å². The van der Waals surface area contributed by atoms with Crippen molar-refractivity contribution >= 4 is 32.5 Å². The van der Waals surface area contributed by atoms with Gasteiger partial charge in [0.2, 0.25) is 0 Å². The van der Waals surface area contributed by atoms with E-state index in [0.29, 0.717) is 11.2 Å². The molecule has 0 saturated heterocycles.